The van der Waals surface area contributed by atoms with Crippen molar-refractivity contribution in [2.45, 2.75) is 24.6 Å². The predicted octanol–water partition coefficient (Wildman–Crippen LogP) is 6.16. The molecular weight excluding hydrogens is 329 g/mol. The summed E-state index contributed by atoms with van der Waals surface area (Å²) in [5.74, 6) is 0. The van der Waals surface area contributed by atoms with Crippen LogP contribution in [-0.4, -0.2) is 23.8 Å². The van der Waals surface area contributed by atoms with Crippen LogP contribution in [0.25, 0.3) is 0 Å². The van der Waals surface area contributed by atoms with E-state index in [-0.39, 0.29) is 10.8 Å². The Hall–Kier alpha value is -1.58. The number of azo groups is 1. The highest BCUT2D eigenvalue weighted by Crippen LogP contribution is 2.23. The summed E-state index contributed by atoms with van der Waals surface area (Å²) in [5.41, 5.74) is 2.74. The second-order valence-corrected chi connectivity index (χ2v) is 7.01. The number of benzene rings is 2. The van der Waals surface area contributed by atoms with Crippen molar-refractivity contribution in [3.05, 3.63) is 54.6 Å². The minimum Gasteiger partial charge on any atom is -0.369 e. The van der Waals surface area contributed by atoms with Gasteiger partial charge in [0.25, 0.3) is 0 Å². The van der Waals surface area contributed by atoms with Crippen molar-refractivity contribution in [3.63, 3.8) is 0 Å². The van der Waals surface area contributed by atoms with E-state index in [2.05, 4.69) is 15.1 Å². The molecule has 0 aliphatic carbocycles. The number of hydrogen-bond donors (Lipinski definition) is 0. The first kappa shape index (κ1) is 17.8. The lowest BCUT2D eigenvalue weighted by molar-refractivity contribution is 0.753. The van der Waals surface area contributed by atoms with E-state index in [1.165, 1.54) is 0 Å². The second-order valence-electron chi connectivity index (χ2n) is 5.52. The van der Waals surface area contributed by atoms with Gasteiger partial charge in [0.2, 0.25) is 0 Å². The lowest BCUT2D eigenvalue weighted by Gasteiger charge is -2.27. The summed E-state index contributed by atoms with van der Waals surface area (Å²) < 4.78 is 0. The van der Waals surface area contributed by atoms with Crippen LogP contribution in [0.2, 0.25) is 0 Å². The first-order chi connectivity index (χ1) is 11.0. The highest BCUT2D eigenvalue weighted by molar-refractivity contribution is 6.21. The van der Waals surface area contributed by atoms with Gasteiger partial charge < -0.3 is 4.90 Å². The Labute approximate surface area is 147 Å². The Morgan fingerprint density at radius 2 is 1.26 bits per heavy atom. The molecule has 0 saturated heterocycles. The lowest BCUT2D eigenvalue weighted by Crippen LogP contribution is -2.33. The average molecular weight is 350 g/mol. The van der Waals surface area contributed by atoms with Gasteiger partial charge in [0, 0.05) is 29.5 Å². The van der Waals surface area contributed by atoms with Crippen molar-refractivity contribution in [3.8, 4) is 0 Å². The van der Waals surface area contributed by atoms with E-state index in [0.29, 0.717) is 0 Å². The van der Waals surface area contributed by atoms with Crippen LogP contribution < -0.4 is 4.90 Å². The molecule has 0 aromatic heterocycles. The van der Waals surface area contributed by atoms with Gasteiger partial charge in [-0.05, 0) is 50.2 Å². The zero-order valence-corrected chi connectivity index (χ0v) is 14.9. The van der Waals surface area contributed by atoms with Gasteiger partial charge in [0.05, 0.1) is 11.4 Å². The molecule has 0 unspecified atom stereocenters. The van der Waals surface area contributed by atoms with Gasteiger partial charge in [-0.2, -0.15) is 10.2 Å². The zero-order chi connectivity index (χ0) is 16.7. The Bertz CT molecular complexity index is 600. The standard InChI is InChI=1S/C18H21Cl2N3/c1-14(19)12-23(13-15(2)20)18-10-8-17(9-11-18)22-21-16-6-4-3-5-7-16/h3-11,14-15H,12-13H2,1-2H3/t14-,15+. The predicted molar refractivity (Wildman–Crippen MR) is 99.9 cm³/mol. The Morgan fingerprint density at radius 1 is 0.783 bits per heavy atom. The number of halogens is 2. The molecule has 2 aromatic carbocycles. The Kier molecular flexibility index (Phi) is 6.87. The smallest absolute Gasteiger partial charge is 0.0858 e. The molecule has 122 valence electrons. The molecule has 0 bridgehead atoms. The fraction of sp³-hybridized carbons (Fsp3) is 0.333. The minimum atomic E-state index is 0.0582. The van der Waals surface area contributed by atoms with Gasteiger partial charge in [0.15, 0.2) is 0 Å². The summed E-state index contributed by atoms with van der Waals surface area (Å²) in [6.45, 7) is 5.47. The maximum Gasteiger partial charge on any atom is 0.0858 e. The van der Waals surface area contributed by atoms with Crippen LogP contribution in [-0.2, 0) is 0 Å². The van der Waals surface area contributed by atoms with Crippen molar-refractivity contribution in [2.24, 2.45) is 10.2 Å². The number of anilines is 1. The molecule has 0 N–H and O–H groups in total. The zero-order valence-electron chi connectivity index (χ0n) is 13.4. The highest BCUT2D eigenvalue weighted by atomic mass is 35.5. The molecule has 2 aromatic rings. The van der Waals surface area contributed by atoms with E-state index >= 15 is 0 Å². The molecule has 0 aliphatic heterocycles. The molecule has 0 heterocycles. The Balaban J connectivity index is 2.09. The van der Waals surface area contributed by atoms with Crippen LogP contribution in [0.1, 0.15) is 13.8 Å². The van der Waals surface area contributed by atoms with Crippen molar-refractivity contribution in [2.75, 3.05) is 18.0 Å². The van der Waals surface area contributed by atoms with Crippen LogP contribution in [0.3, 0.4) is 0 Å². The van der Waals surface area contributed by atoms with Crippen LogP contribution in [0.5, 0.6) is 0 Å². The van der Waals surface area contributed by atoms with Gasteiger partial charge in [-0.15, -0.1) is 23.2 Å². The molecule has 0 saturated carbocycles. The topological polar surface area (TPSA) is 28.0 Å². The molecular formula is C18H21Cl2N3. The Morgan fingerprint density at radius 3 is 1.74 bits per heavy atom. The summed E-state index contributed by atoms with van der Waals surface area (Å²) in [6, 6.07) is 17.6. The quantitative estimate of drug-likeness (QED) is 0.434. The minimum absolute atomic E-state index is 0.0582. The number of nitrogens with zero attached hydrogens (tertiary/aromatic N) is 3. The van der Waals surface area contributed by atoms with Gasteiger partial charge in [-0.3, -0.25) is 0 Å². The van der Waals surface area contributed by atoms with E-state index in [1.807, 2.05) is 68.4 Å². The fourth-order valence-corrected chi connectivity index (χ4v) is 2.57. The normalized spacial score (nSPS) is 13.9. The van der Waals surface area contributed by atoms with E-state index < -0.39 is 0 Å². The van der Waals surface area contributed by atoms with Gasteiger partial charge in [0.1, 0.15) is 0 Å². The van der Waals surface area contributed by atoms with Crippen LogP contribution in [0.4, 0.5) is 17.1 Å². The van der Waals surface area contributed by atoms with Gasteiger partial charge in [-0.1, -0.05) is 18.2 Å². The first-order valence-electron chi connectivity index (χ1n) is 7.64. The molecule has 0 aliphatic rings. The third-order valence-corrected chi connectivity index (χ3v) is 3.47. The highest BCUT2D eigenvalue weighted by Gasteiger charge is 2.12. The van der Waals surface area contributed by atoms with E-state index in [1.54, 1.807) is 0 Å². The van der Waals surface area contributed by atoms with Crippen LogP contribution >= 0.6 is 23.2 Å². The lowest BCUT2D eigenvalue weighted by atomic mass is 10.2. The summed E-state index contributed by atoms with van der Waals surface area (Å²) in [4.78, 5) is 2.19. The molecule has 2 atom stereocenters. The van der Waals surface area contributed by atoms with Crippen molar-refractivity contribution in [1.29, 1.82) is 0 Å². The molecule has 0 radical (unpaired) electrons. The molecule has 23 heavy (non-hydrogen) atoms. The first-order valence-corrected chi connectivity index (χ1v) is 8.52. The molecule has 0 amide bonds. The summed E-state index contributed by atoms with van der Waals surface area (Å²) in [7, 11) is 0. The fourth-order valence-electron chi connectivity index (χ4n) is 2.23. The van der Waals surface area contributed by atoms with Gasteiger partial charge in [-0.25, -0.2) is 0 Å². The second kappa shape index (κ2) is 8.90. The largest absolute Gasteiger partial charge is 0.369 e. The third kappa shape index (κ3) is 6.20. The SMILES string of the molecule is C[C@H](Cl)CN(C[C@@H](C)Cl)c1ccc(N=Nc2ccccc2)cc1. The van der Waals surface area contributed by atoms with E-state index in [0.717, 1.165) is 30.2 Å². The third-order valence-electron chi connectivity index (χ3n) is 3.20. The number of alkyl halides is 2. The molecule has 2 rings (SSSR count). The molecule has 5 heteroatoms. The van der Waals surface area contributed by atoms with Crippen LogP contribution in [0.15, 0.2) is 64.8 Å². The average Bonchev–Trinajstić information content (AvgIpc) is 2.53. The van der Waals surface area contributed by atoms with Crippen molar-refractivity contribution < 1.29 is 0 Å². The van der Waals surface area contributed by atoms with Crippen molar-refractivity contribution in [1.82, 2.24) is 0 Å². The maximum absolute atomic E-state index is 6.14. The monoisotopic (exact) mass is 349 g/mol. The molecule has 3 nitrogen and oxygen atoms in total. The van der Waals surface area contributed by atoms with Crippen LogP contribution in [0, 0.1) is 0 Å². The maximum atomic E-state index is 6.14. The summed E-state index contributed by atoms with van der Waals surface area (Å²) in [5, 5.41) is 8.59. The molecule has 0 spiro atoms. The van der Waals surface area contributed by atoms with Gasteiger partial charge >= 0.3 is 0 Å². The number of rotatable bonds is 7. The van der Waals surface area contributed by atoms with E-state index in [9.17, 15) is 0 Å². The summed E-state index contributed by atoms with van der Waals surface area (Å²) >= 11 is 12.3. The number of hydrogen-bond acceptors (Lipinski definition) is 3. The van der Waals surface area contributed by atoms with E-state index in [4.69, 9.17) is 23.2 Å². The van der Waals surface area contributed by atoms with Crippen molar-refractivity contribution >= 4 is 40.3 Å². The molecule has 0 fully saturated rings. The summed E-state index contributed by atoms with van der Waals surface area (Å²) in [6.07, 6.45) is 0.